The second-order valence-corrected chi connectivity index (χ2v) is 7.20. The van der Waals surface area contributed by atoms with Crippen molar-refractivity contribution in [2.45, 2.75) is 30.2 Å². The van der Waals surface area contributed by atoms with Gasteiger partial charge in [0, 0.05) is 12.1 Å². The minimum Gasteiger partial charge on any atom is -0.478 e. The molecular weight excluding hydrogens is 337 g/mol. The van der Waals surface area contributed by atoms with E-state index in [2.05, 4.69) is 4.72 Å². The van der Waals surface area contributed by atoms with E-state index in [1.165, 1.54) is 18.2 Å². The Morgan fingerprint density at radius 3 is 2.29 bits per heavy atom. The van der Waals surface area contributed by atoms with E-state index in [-0.39, 0.29) is 21.0 Å². The summed E-state index contributed by atoms with van der Waals surface area (Å²) in [7, 11) is -3.78. The number of benzene rings is 1. The molecule has 0 atom stereocenters. The molecule has 8 heteroatoms. The highest BCUT2D eigenvalue weighted by Crippen LogP contribution is 2.32. The molecule has 0 amide bonds. The maximum atomic E-state index is 12.3. The van der Waals surface area contributed by atoms with Gasteiger partial charge in [0.2, 0.25) is 10.0 Å². The van der Waals surface area contributed by atoms with E-state index in [1.807, 2.05) is 0 Å². The fraction of sp³-hybridized carbons (Fsp3) is 0.308. The Hall–Kier alpha value is -1.08. The predicted molar refractivity (Wildman–Crippen MR) is 81.1 cm³/mol. The average Bonchev–Trinajstić information content (AvgIpc) is 2.30. The third kappa shape index (κ3) is 3.97. The van der Waals surface area contributed by atoms with Crippen LogP contribution in [-0.4, -0.2) is 25.5 Å². The van der Waals surface area contributed by atoms with Crippen LogP contribution in [0.4, 0.5) is 0 Å². The van der Waals surface area contributed by atoms with Crippen molar-refractivity contribution in [2.24, 2.45) is 0 Å². The molecule has 1 fully saturated rings. The van der Waals surface area contributed by atoms with E-state index in [0.29, 0.717) is 5.56 Å². The van der Waals surface area contributed by atoms with Crippen LogP contribution in [0.2, 0.25) is 10.0 Å². The number of hydrogen-bond donors (Lipinski definition) is 2. The number of halogens is 2. The van der Waals surface area contributed by atoms with Crippen LogP contribution in [0.25, 0.3) is 6.08 Å². The highest BCUT2D eigenvalue weighted by Gasteiger charge is 2.28. The molecule has 1 aromatic carbocycles. The number of sulfonamides is 1. The fourth-order valence-electron chi connectivity index (χ4n) is 1.90. The van der Waals surface area contributed by atoms with Crippen molar-refractivity contribution in [3.8, 4) is 0 Å². The monoisotopic (exact) mass is 349 g/mol. The van der Waals surface area contributed by atoms with Crippen LogP contribution in [0.3, 0.4) is 0 Å². The van der Waals surface area contributed by atoms with Crippen LogP contribution in [0.1, 0.15) is 24.8 Å². The van der Waals surface area contributed by atoms with Crippen molar-refractivity contribution in [2.75, 3.05) is 0 Å². The maximum absolute atomic E-state index is 12.3. The molecule has 0 aromatic heterocycles. The summed E-state index contributed by atoms with van der Waals surface area (Å²) in [5.41, 5.74) is 0.412. The van der Waals surface area contributed by atoms with E-state index < -0.39 is 16.0 Å². The molecule has 0 aliphatic heterocycles. The quantitative estimate of drug-likeness (QED) is 0.800. The van der Waals surface area contributed by atoms with Crippen LogP contribution in [0.15, 0.2) is 23.1 Å². The lowest BCUT2D eigenvalue weighted by molar-refractivity contribution is -0.131. The molecule has 1 saturated carbocycles. The second kappa shape index (κ2) is 6.36. The first kappa shape index (κ1) is 16.3. The van der Waals surface area contributed by atoms with Gasteiger partial charge in [-0.1, -0.05) is 29.6 Å². The molecule has 21 heavy (non-hydrogen) atoms. The van der Waals surface area contributed by atoms with Gasteiger partial charge >= 0.3 is 5.97 Å². The third-order valence-electron chi connectivity index (χ3n) is 3.13. The second-order valence-electron chi connectivity index (χ2n) is 4.73. The molecule has 0 spiro atoms. The highest BCUT2D eigenvalue weighted by molar-refractivity contribution is 7.89. The van der Waals surface area contributed by atoms with Gasteiger partial charge in [-0.2, -0.15) is 0 Å². The normalized spacial score (nSPS) is 16.1. The Labute approximate surface area is 132 Å². The van der Waals surface area contributed by atoms with Gasteiger partial charge < -0.3 is 5.11 Å². The highest BCUT2D eigenvalue weighted by atomic mass is 35.5. The van der Waals surface area contributed by atoms with Gasteiger partial charge in [-0.25, -0.2) is 17.9 Å². The number of rotatable bonds is 5. The number of nitrogens with one attached hydrogen (secondary N) is 1. The van der Waals surface area contributed by atoms with Crippen molar-refractivity contribution in [1.29, 1.82) is 0 Å². The summed E-state index contributed by atoms with van der Waals surface area (Å²) >= 11 is 12.0. The number of carboxylic acid groups (broad SMARTS) is 1. The fourth-order valence-corrected chi connectivity index (χ4v) is 4.44. The lowest BCUT2D eigenvalue weighted by Gasteiger charge is -2.26. The van der Waals surface area contributed by atoms with Gasteiger partial charge in [0.15, 0.2) is 0 Å². The lowest BCUT2D eigenvalue weighted by Crippen LogP contribution is -2.39. The minimum atomic E-state index is -3.78. The molecule has 1 aliphatic carbocycles. The van der Waals surface area contributed by atoms with Crippen LogP contribution in [-0.2, 0) is 14.8 Å². The molecule has 1 aromatic rings. The van der Waals surface area contributed by atoms with Crippen LogP contribution in [0, 0.1) is 0 Å². The first-order valence-corrected chi connectivity index (χ1v) is 8.46. The Balaban J connectivity index is 2.34. The summed E-state index contributed by atoms with van der Waals surface area (Å²) in [6.07, 6.45) is 4.80. The van der Waals surface area contributed by atoms with Crippen LogP contribution >= 0.6 is 23.2 Å². The van der Waals surface area contributed by atoms with Crippen molar-refractivity contribution in [1.82, 2.24) is 4.72 Å². The summed E-state index contributed by atoms with van der Waals surface area (Å²) in [4.78, 5) is 10.3. The van der Waals surface area contributed by atoms with Gasteiger partial charge in [-0.3, -0.25) is 0 Å². The molecular formula is C13H13Cl2NO4S. The van der Waals surface area contributed by atoms with Crippen molar-refractivity contribution < 1.29 is 18.3 Å². The largest absolute Gasteiger partial charge is 0.478 e. The topological polar surface area (TPSA) is 83.5 Å². The van der Waals surface area contributed by atoms with E-state index in [9.17, 15) is 13.2 Å². The van der Waals surface area contributed by atoms with E-state index in [1.54, 1.807) is 0 Å². The number of carbonyl (C=O) groups is 1. The molecule has 0 radical (unpaired) electrons. The number of carboxylic acids is 1. The number of aliphatic carboxylic acids is 1. The molecule has 0 heterocycles. The molecule has 0 saturated heterocycles. The molecule has 5 nitrogen and oxygen atoms in total. The maximum Gasteiger partial charge on any atom is 0.328 e. The molecule has 1 aliphatic rings. The average molecular weight is 350 g/mol. The standard InChI is InChI=1S/C13H13Cl2NO4S/c14-10-6-8(4-5-12(17)18)7-11(15)13(10)21(19,20)16-9-2-1-3-9/h4-7,9,16H,1-3H2,(H,17,18). The molecule has 2 N–H and O–H groups in total. The smallest absolute Gasteiger partial charge is 0.328 e. The summed E-state index contributed by atoms with van der Waals surface area (Å²) in [5.74, 6) is -1.12. The van der Waals surface area contributed by atoms with Gasteiger partial charge in [-0.05, 0) is 36.6 Å². The van der Waals surface area contributed by atoms with Gasteiger partial charge in [0.25, 0.3) is 0 Å². The third-order valence-corrected chi connectivity index (χ3v) is 5.58. The zero-order valence-electron chi connectivity index (χ0n) is 10.8. The first-order valence-electron chi connectivity index (χ1n) is 6.22. The Kier molecular flexibility index (Phi) is 4.93. The van der Waals surface area contributed by atoms with Crippen molar-refractivity contribution >= 4 is 45.3 Å². The summed E-state index contributed by atoms with van der Waals surface area (Å²) < 4.78 is 27.1. The van der Waals surface area contributed by atoms with Gasteiger partial charge in [0.05, 0.1) is 10.0 Å². The number of hydrogen-bond acceptors (Lipinski definition) is 3. The minimum absolute atomic E-state index is 0.0423. The predicted octanol–water partition coefficient (Wildman–Crippen LogP) is 2.92. The molecule has 2 rings (SSSR count). The van der Waals surface area contributed by atoms with Gasteiger partial charge in [-0.15, -0.1) is 0 Å². The zero-order valence-corrected chi connectivity index (χ0v) is 13.2. The summed E-state index contributed by atoms with van der Waals surface area (Å²) in [5, 5.41) is 8.49. The Morgan fingerprint density at radius 2 is 1.86 bits per heavy atom. The Bertz CT molecular complexity index is 673. The molecule has 0 unspecified atom stereocenters. The van der Waals surface area contributed by atoms with E-state index in [0.717, 1.165) is 25.3 Å². The van der Waals surface area contributed by atoms with Gasteiger partial charge in [0.1, 0.15) is 4.90 Å². The molecule has 0 bridgehead atoms. The van der Waals surface area contributed by atoms with Crippen molar-refractivity contribution in [3.63, 3.8) is 0 Å². The zero-order chi connectivity index (χ0) is 15.6. The SMILES string of the molecule is O=C(O)C=Cc1cc(Cl)c(S(=O)(=O)NC2CCC2)c(Cl)c1. The molecule has 114 valence electrons. The van der Waals surface area contributed by atoms with Crippen molar-refractivity contribution in [3.05, 3.63) is 33.8 Å². The van der Waals surface area contributed by atoms with E-state index >= 15 is 0 Å². The lowest BCUT2D eigenvalue weighted by atomic mass is 9.94. The first-order chi connectivity index (χ1) is 9.79. The Morgan fingerprint density at radius 1 is 1.29 bits per heavy atom. The summed E-state index contributed by atoms with van der Waals surface area (Å²) in [6, 6.07) is 2.65. The van der Waals surface area contributed by atoms with Crippen LogP contribution in [0.5, 0.6) is 0 Å². The summed E-state index contributed by atoms with van der Waals surface area (Å²) in [6.45, 7) is 0. The van der Waals surface area contributed by atoms with E-state index in [4.69, 9.17) is 28.3 Å². The van der Waals surface area contributed by atoms with Crippen LogP contribution < -0.4 is 4.72 Å².